The van der Waals surface area contributed by atoms with Crippen molar-refractivity contribution in [3.05, 3.63) is 11.1 Å². The lowest BCUT2D eigenvalue weighted by atomic mass is 10.3. The summed E-state index contributed by atoms with van der Waals surface area (Å²) in [7, 11) is 2.45. The van der Waals surface area contributed by atoms with Gasteiger partial charge in [0.05, 0.1) is 14.2 Å². The van der Waals surface area contributed by atoms with Crippen LogP contribution in [0.4, 0.5) is 0 Å². The monoisotopic (exact) mass is 233 g/mol. The number of ether oxygens (including phenoxy) is 2. The fraction of sp³-hybridized carbons (Fsp3) is 0.444. The van der Waals surface area contributed by atoms with E-state index in [9.17, 15) is 9.59 Å². The summed E-state index contributed by atoms with van der Waals surface area (Å²) in [4.78, 5) is 25.6. The van der Waals surface area contributed by atoms with E-state index in [1.165, 1.54) is 20.3 Å². The number of aliphatic imine (C=N–C) groups is 1. The first-order chi connectivity index (χ1) is 7.01. The van der Waals surface area contributed by atoms with Gasteiger partial charge in [0.2, 0.25) is 0 Å². The molecular weight excluding hydrogens is 222 g/mol. The minimum atomic E-state index is -0.654. The number of allylic oxidation sites excluding steroid dienone is 1. The predicted molar refractivity (Wildman–Crippen MR) is 55.9 cm³/mol. The van der Waals surface area contributed by atoms with Crippen molar-refractivity contribution in [1.29, 1.82) is 0 Å². The molecular formula is C9H12ClNO4. The van der Waals surface area contributed by atoms with Crippen molar-refractivity contribution in [2.24, 2.45) is 4.99 Å². The molecule has 0 amide bonds. The van der Waals surface area contributed by atoms with Crippen molar-refractivity contribution in [2.75, 3.05) is 20.8 Å². The number of rotatable bonds is 4. The van der Waals surface area contributed by atoms with Crippen LogP contribution in [0.15, 0.2) is 16.1 Å². The van der Waals surface area contributed by atoms with Crippen LogP contribution in [0.1, 0.15) is 6.92 Å². The Hall–Kier alpha value is -1.36. The Bertz CT molecular complexity index is 305. The molecule has 0 saturated heterocycles. The molecule has 0 aromatic rings. The van der Waals surface area contributed by atoms with Crippen LogP contribution >= 0.6 is 11.6 Å². The van der Waals surface area contributed by atoms with E-state index in [1.54, 1.807) is 6.92 Å². The van der Waals surface area contributed by atoms with Gasteiger partial charge in [-0.1, -0.05) is 11.6 Å². The molecule has 0 aliphatic heterocycles. The van der Waals surface area contributed by atoms with Crippen molar-refractivity contribution in [3.8, 4) is 0 Å². The highest BCUT2D eigenvalue weighted by atomic mass is 35.5. The number of methoxy groups -OCH3 is 2. The van der Waals surface area contributed by atoms with Gasteiger partial charge >= 0.3 is 11.9 Å². The summed E-state index contributed by atoms with van der Waals surface area (Å²) in [5.41, 5.74) is -0.0181. The molecule has 0 unspecified atom stereocenters. The maximum Gasteiger partial charge on any atom is 0.356 e. The van der Waals surface area contributed by atoms with Crippen molar-refractivity contribution in [2.45, 2.75) is 6.92 Å². The molecule has 0 spiro atoms. The number of esters is 2. The SMILES string of the molecule is COC(=O)CN=C(/C=C(\C)Cl)C(=O)OC. The molecule has 0 saturated carbocycles. The third-order valence-corrected chi connectivity index (χ3v) is 1.45. The molecule has 5 nitrogen and oxygen atoms in total. The number of hydrogen-bond acceptors (Lipinski definition) is 5. The number of carbonyl (C=O) groups excluding carboxylic acids is 2. The Labute approximate surface area is 92.7 Å². The zero-order valence-electron chi connectivity index (χ0n) is 8.74. The van der Waals surface area contributed by atoms with Crippen LogP contribution in [0.2, 0.25) is 0 Å². The van der Waals surface area contributed by atoms with Gasteiger partial charge in [-0.3, -0.25) is 9.79 Å². The van der Waals surface area contributed by atoms with Crippen molar-refractivity contribution < 1.29 is 19.1 Å². The minimum absolute atomic E-state index is 0.0181. The number of hydrogen-bond donors (Lipinski definition) is 0. The molecule has 0 N–H and O–H groups in total. The molecule has 0 bridgehead atoms. The largest absolute Gasteiger partial charge is 0.468 e. The van der Waals surface area contributed by atoms with E-state index >= 15 is 0 Å². The lowest BCUT2D eigenvalue weighted by Gasteiger charge is -1.99. The highest BCUT2D eigenvalue weighted by Gasteiger charge is 2.09. The van der Waals surface area contributed by atoms with Gasteiger partial charge in [-0.15, -0.1) is 0 Å². The van der Waals surface area contributed by atoms with Crippen molar-refractivity contribution in [1.82, 2.24) is 0 Å². The van der Waals surface area contributed by atoms with Gasteiger partial charge in [0.1, 0.15) is 12.3 Å². The summed E-state index contributed by atoms with van der Waals surface area (Å²) < 4.78 is 8.82. The molecule has 0 heterocycles. The number of nitrogens with zero attached hydrogens (tertiary/aromatic N) is 1. The zero-order chi connectivity index (χ0) is 11.8. The predicted octanol–water partition coefficient (Wildman–Crippen LogP) is 0.916. The van der Waals surface area contributed by atoms with E-state index < -0.39 is 11.9 Å². The summed E-state index contributed by atoms with van der Waals surface area (Å²) in [5.74, 6) is -1.20. The molecule has 84 valence electrons. The van der Waals surface area contributed by atoms with Crippen LogP contribution in [0, 0.1) is 0 Å². The molecule has 0 aromatic carbocycles. The van der Waals surface area contributed by atoms with Crippen LogP contribution in [0.25, 0.3) is 0 Å². The second-order valence-corrected chi connectivity index (χ2v) is 3.10. The van der Waals surface area contributed by atoms with E-state index in [1.807, 2.05) is 0 Å². The van der Waals surface area contributed by atoms with Gasteiger partial charge < -0.3 is 9.47 Å². The van der Waals surface area contributed by atoms with E-state index in [0.717, 1.165) is 0 Å². The molecule has 0 radical (unpaired) electrons. The lowest BCUT2D eigenvalue weighted by Crippen LogP contribution is -2.16. The molecule has 0 rings (SSSR count). The highest BCUT2D eigenvalue weighted by molar-refractivity contribution is 6.44. The van der Waals surface area contributed by atoms with E-state index in [2.05, 4.69) is 14.5 Å². The van der Waals surface area contributed by atoms with Crippen LogP contribution in [0.5, 0.6) is 0 Å². The first kappa shape index (κ1) is 13.6. The van der Waals surface area contributed by atoms with Gasteiger partial charge in [-0.2, -0.15) is 0 Å². The van der Waals surface area contributed by atoms with Crippen molar-refractivity contribution in [3.63, 3.8) is 0 Å². The molecule has 15 heavy (non-hydrogen) atoms. The van der Waals surface area contributed by atoms with Crippen LogP contribution < -0.4 is 0 Å². The van der Waals surface area contributed by atoms with E-state index in [4.69, 9.17) is 11.6 Å². The van der Waals surface area contributed by atoms with Gasteiger partial charge in [0.25, 0.3) is 0 Å². The van der Waals surface area contributed by atoms with Gasteiger partial charge in [-0.05, 0) is 13.0 Å². The molecule has 6 heteroatoms. The van der Waals surface area contributed by atoms with Crippen LogP contribution in [-0.4, -0.2) is 38.4 Å². The summed E-state index contributed by atoms with van der Waals surface area (Å²) in [6.45, 7) is 1.33. The fourth-order valence-electron chi connectivity index (χ4n) is 0.676. The summed E-state index contributed by atoms with van der Waals surface area (Å²) in [6.07, 6.45) is 1.32. The molecule has 0 atom stereocenters. The van der Waals surface area contributed by atoms with Crippen LogP contribution in [-0.2, 0) is 19.1 Å². The van der Waals surface area contributed by atoms with Crippen molar-refractivity contribution >= 4 is 29.3 Å². The Kier molecular flexibility index (Phi) is 6.37. The third kappa shape index (κ3) is 5.85. The first-order valence-corrected chi connectivity index (χ1v) is 4.42. The lowest BCUT2D eigenvalue weighted by molar-refractivity contribution is -0.138. The maximum atomic E-state index is 11.1. The van der Waals surface area contributed by atoms with E-state index in [0.29, 0.717) is 5.03 Å². The standard InChI is InChI=1S/C9H12ClNO4/c1-6(10)4-7(9(13)15-3)11-5-8(12)14-2/h4H,5H2,1-3H3/b6-4+,11-7?. The Morgan fingerprint density at radius 1 is 1.33 bits per heavy atom. The minimum Gasteiger partial charge on any atom is -0.468 e. The fourth-order valence-corrected chi connectivity index (χ4v) is 0.780. The third-order valence-electron chi connectivity index (χ3n) is 1.34. The van der Waals surface area contributed by atoms with E-state index in [-0.39, 0.29) is 12.3 Å². The smallest absolute Gasteiger partial charge is 0.356 e. The molecule has 0 aliphatic carbocycles. The topological polar surface area (TPSA) is 65.0 Å². The Balaban J connectivity index is 4.71. The summed E-state index contributed by atoms with van der Waals surface area (Å²) in [6, 6.07) is 0. The van der Waals surface area contributed by atoms with Gasteiger partial charge in [-0.25, -0.2) is 4.79 Å². The average Bonchev–Trinajstić information content (AvgIpc) is 2.21. The molecule has 0 fully saturated rings. The van der Waals surface area contributed by atoms with Gasteiger partial charge in [0.15, 0.2) is 0 Å². The molecule has 0 aliphatic rings. The van der Waals surface area contributed by atoms with Crippen LogP contribution in [0.3, 0.4) is 0 Å². The normalized spacial score (nSPS) is 12.3. The second kappa shape index (κ2) is 7.00. The maximum absolute atomic E-state index is 11.1. The summed E-state index contributed by atoms with van der Waals surface area (Å²) >= 11 is 5.58. The number of carbonyl (C=O) groups is 2. The Morgan fingerprint density at radius 3 is 2.33 bits per heavy atom. The Morgan fingerprint density at radius 2 is 1.93 bits per heavy atom. The molecule has 0 aromatic heterocycles. The summed E-state index contributed by atoms with van der Waals surface area (Å²) in [5, 5.41) is 0.365. The second-order valence-electron chi connectivity index (χ2n) is 2.50. The van der Waals surface area contributed by atoms with Gasteiger partial charge in [0, 0.05) is 5.03 Å². The first-order valence-electron chi connectivity index (χ1n) is 4.04. The highest BCUT2D eigenvalue weighted by Crippen LogP contribution is 2.00. The number of halogens is 1. The zero-order valence-corrected chi connectivity index (χ0v) is 9.50. The average molecular weight is 234 g/mol. The quantitative estimate of drug-likeness (QED) is 0.535.